The van der Waals surface area contributed by atoms with Crippen LogP contribution in [0.4, 0.5) is 5.82 Å². The first-order chi connectivity index (χ1) is 11.1. The van der Waals surface area contributed by atoms with E-state index in [-0.39, 0.29) is 0 Å². The standard InChI is InChI=1S/C18H27N5/c1-14-6-4-8-18(19-14)23-12-10-22(11-13-23)9-5-7-17-15(2)20-21-16(17)3/h4,6,8H,5,7,9-13H2,1-3H3,(H,20,21). The van der Waals surface area contributed by atoms with E-state index in [9.17, 15) is 0 Å². The van der Waals surface area contributed by atoms with Crippen LogP contribution >= 0.6 is 0 Å². The molecule has 0 bridgehead atoms. The monoisotopic (exact) mass is 313 g/mol. The van der Waals surface area contributed by atoms with Crippen molar-refractivity contribution in [2.75, 3.05) is 37.6 Å². The van der Waals surface area contributed by atoms with Gasteiger partial charge in [-0.2, -0.15) is 5.10 Å². The van der Waals surface area contributed by atoms with Crippen molar-refractivity contribution in [3.05, 3.63) is 40.8 Å². The number of aromatic amines is 1. The van der Waals surface area contributed by atoms with Crippen molar-refractivity contribution < 1.29 is 0 Å². The summed E-state index contributed by atoms with van der Waals surface area (Å²) in [4.78, 5) is 9.60. The maximum Gasteiger partial charge on any atom is 0.128 e. The minimum absolute atomic E-state index is 1.07. The zero-order valence-electron chi connectivity index (χ0n) is 14.5. The molecule has 0 aromatic carbocycles. The molecule has 5 heteroatoms. The molecule has 0 unspecified atom stereocenters. The number of anilines is 1. The van der Waals surface area contributed by atoms with Gasteiger partial charge >= 0.3 is 0 Å². The van der Waals surface area contributed by atoms with Gasteiger partial charge in [-0.15, -0.1) is 0 Å². The van der Waals surface area contributed by atoms with E-state index in [0.29, 0.717) is 0 Å². The topological polar surface area (TPSA) is 48.0 Å². The zero-order chi connectivity index (χ0) is 16.2. The van der Waals surface area contributed by atoms with Gasteiger partial charge in [0.05, 0.1) is 5.69 Å². The Hall–Kier alpha value is -1.88. The summed E-state index contributed by atoms with van der Waals surface area (Å²) in [5.41, 5.74) is 4.86. The fourth-order valence-corrected chi connectivity index (χ4v) is 3.33. The van der Waals surface area contributed by atoms with Crippen LogP contribution in [0.5, 0.6) is 0 Å². The second kappa shape index (κ2) is 7.13. The molecular formula is C18H27N5. The first-order valence-electron chi connectivity index (χ1n) is 8.55. The molecule has 3 heterocycles. The summed E-state index contributed by atoms with van der Waals surface area (Å²) in [5.74, 6) is 1.12. The van der Waals surface area contributed by atoms with E-state index in [0.717, 1.165) is 49.8 Å². The largest absolute Gasteiger partial charge is 0.354 e. The molecule has 2 aromatic heterocycles. The van der Waals surface area contributed by atoms with Crippen LogP contribution in [0.25, 0.3) is 0 Å². The average Bonchev–Trinajstić information content (AvgIpc) is 2.87. The van der Waals surface area contributed by atoms with Gasteiger partial charge in [-0.25, -0.2) is 4.98 Å². The molecule has 1 aliphatic heterocycles. The molecule has 0 saturated carbocycles. The van der Waals surface area contributed by atoms with Gasteiger partial charge in [0.2, 0.25) is 0 Å². The maximum atomic E-state index is 4.63. The van der Waals surface area contributed by atoms with E-state index in [2.05, 4.69) is 64.0 Å². The summed E-state index contributed by atoms with van der Waals surface area (Å²) in [6, 6.07) is 6.27. The molecule has 0 amide bonds. The van der Waals surface area contributed by atoms with Gasteiger partial charge in [-0.3, -0.25) is 10.00 Å². The molecule has 0 atom stereocenters. The third-order valence-corrected chi connectivity index (χ3v) is 4.75. The van der Waals surface area contributed by atoms with E-state index < -0.39 is 0 Å². The van der Waals surface area contributed by atoms with Crippen LogP contribution in [-0.2, 0) is 6.42 Å². The molecular weight excluding hydrogens is 286 g/mol. The van der Waals surface area contributed by atoms with Gasteiger partial charge in [0.15, 0.2) is 0 Å². The molecule has 2 aromatic rings. The van der Waals surface area contributed by atoms with Gasteiger partial charge in [-0.1, -0.05) is 6.07 Å². The molecule has 5 nitrogen and oxygen atoms in total. The first kappa shape index (κ1) is 16.0. The van der Waals surface area contributed by atoms with Gasteiger partial charge < -0.3 is 4.90 Å². The second-order valence-corrected chi connectivity index (χ2v) is 6.48. The smallest absolute Gasteiger partial charge is 0.128 e. The number of aromatic nitrogens is 3. The summed E-state index contributed by atoms with van der Waals surface area (Å²) in [7, 11) is 0. The summed E-state index contributed by atoms with van der Waals surface area (Å²) in [5, 5.41) is 7.36. The first-order valence-corrected chi connectivity index (χ1v) is 8.55. The summed E-state index contributed by atoms with van der Waals surface area (Å²) in [6.45, 7) is 11.8. The molecule has 124 valence electrons. The van der Waals surface area contributed by atoms with Crippen LogP contribution in [0.15, 0.2) is 18.2 Å². The lowest BCUT2D eigenvalue weighted by atomic mass is 10.1. The normalized spacial score (nSPS) is 16.0. The Morgan fingerprint density at radius 3 is 2.52 bits per heavy atom. The number of H-pyrrole nitrogens is 1. The van der Waals surface area contributed by atoms with E-state index in [1.165, 1.54) is 24.2 Å². The Morgan fingerprint density at radius 1 is 1.09 bits per heavy atom. The van der Waals surface area contributed by atoms with E-state index in [1.807, 2.05) is 0 Å². The minimum Gasteiger partial charge on any atom is -0.354 e. The lowest BCUT2D eigenvalue weighted by Gasteiger charge is -2.35. The van der Waals surface area contributed by atoms with Crippen molar-refractivity contribution in [1.29, 1.82) is 0 Å². The highest BCUT2D eigenvalue weighted by molar-refractivity contribution is 5.39. The fraction of sp³-hybridized carbons (Fsp3) is 0.556. The van der Waals surface area contributed by atoms with Crippen molar-refractivity contribution in [2.45, 2.75) is 33.6 Å². The second-order valence-electron chi connectivity index (χ2n) is 6.48. The zero-order valence-corrected chi connectivity index (χ0v) is 14.5. The summed E-state index contributed by atoms with van der Waals surface area (Å²) < 4.78 is 0. The maximum absolute atomic E-state index is 4.63. The van der Waals surface area contributed by atoms with Gasteiger partial charge in [0, 0.05) is 37.6 Å². The highest BCUT2D eigenvalue weighted by Gasteiger charge is 2.18. The van der Waals surface area contributed by atoms with Crippen molar-refractivity contribution in [2.24, 2.45) is 0 Å². The number of piperazine rings is 1. The Morgan fingerprint density at radius 2 is 1.87 bits per heavy atom. The highest BCUT2D eigenvalue weighted by atomic mass is 15.3. The lowest BCUT2D eigenvalue weighted by Crippen LogP contribution is -2.47. The Labute approximate surface area is 138 Å². The SMILES string of the molecule is Cc1cccc(N2CCN(CCCc3c(C)n[nH]c3C)CC2)n1. The third-order valence-electron chi connectivity index (χ3n) is 4.75. The molecule has 23 heavy (non-hydrogen) atoms. The van der Waals surface area contributed by atoms with Crippen molar-refractivity contribution in [3.8, 4) is 0 Å². The van der Waals surface area contributed by atoms with Crippen LogP contribution in [0.1, 0.15) is 29.1 Å². The van der Waals surface area contributed by atoms with E-state index in [4.69, 9.17) is 0 Å². The molecule has 0 radical (unpaired) electrons. The van der Waals surface area contributed by atoms with Crippen molar-refractivity contribution in [3.63, 3.8) is 0 Å². The quantitative estimate of drug-likeness (QED) is 0.921. The fourth-order valence-electron chi connectivity index (χ4n) is 3.33. The minimum atomic E-state index is 1.07. The molecule has 1 fully saturated rings. The number of nitrogens with zero attached hydrogens (tertiary/aromatic N) is 4. The Kier molecular flexibility index (Phi) is 4.96. The van der Waals surface area contributed by atoms with E-state index in [1.54, 1.807) is 0 Å². The molecule has 0 spiro atoms. The third kappa shape index (κ3) is 3.91. The number of nitrogens with one attached hydrogen (secondary N) is 1. The average molecular weight is 313 g/mol. The lowest BCUT2D eigenvalue weighted by molar-refractivity contribution is 0.254. The van der Waals surface area contributed by atoms with Crippen LogP contribution < -0.4 is 4.90 Å². The molecule has 3 rings (SSSR count). The number of hydrogen-bond donors (Lipinski definition) is 1. The van der Waals surface area contributed by atoms with Gasteiger partial charge in [-0.05, 0) is 57.9 Å². The number of rotatable bonds is 5. The predicted molar refractivity (Wildman–Crippen MR) is 94.0 cm³/mol. The number of pyridine rings is 1. The molecule has 0 aliphatic carbocycles. The summed E-state index contributed by atoms with van der Waals surface area (Å²) in [6.07, 6.45) is 2.32. The van der Waals surface area contributed by atoms with E-state index >= 15 is 0 Å². The molecule has 1 saturated heterocycles. The molecule has 1 aliphatic rings. The van der Waals surface area contributed by atoms with Gasteiger partial charge in [0.1, 0.15) is 5.82 Å². The van der Waals surface area contributed by atoms with Crippen LogP contribution in [0, 0.1) is 20.8 Å². The Balaban J connectivity index is 1.44. The summed E-state index contributed by atoms with van der Waals surface area (Å²) >= 11 is 0. The molecule has 1 N–H and O–H groups in total. The number of hydrogen-bond acceptors (Lipinski definition) is 4. The highest BCUT2D eigenvalue weighted by Crippen LogP contribution is 2.15. The van der Waals surface area contributed by atoms with Crippen molar-refractivity contribution >= 4 is 5.82 Å². The van der Waals surface area contributed by atoms with Gasteiger partial charge in [0.25, 0.3) is 0 Å². The van der Waals surface area contributed by atoms with Crippen LogP contribution in [0.3, 0.4) is 0 Å². The van der Waals surface area contributed by atoms with Crippen molar-refractivity contribution in [1.82, 2.24) is 20.1 Å². The van der Waals surface area contributed by atoms with Crippen LogP contribution in [0.2, 0.25) is 0 Å². The number of aryl methyl sites for hydroxylation is 3. The van der Waals surface area contributed by atoms with Crippen LogP contribution in [-0.4, -0.2) is 52.8 Å². The predicted octanol–water partition coefficient (Wildman–Crippen LogP) is 2.48. The Bertz CT molecular complexity index is 621.